The molecule has 408 valence electrons. The van der Waals surface area contributed by atoms with E-state index in [9.17, 15) is 0 Å². The first kappa shape index (κ1) is 68.6. The SMILES string of the molecule is CC(C)(C)c1c(NCCOCCN)c(=S)c1=S.CN(CCOCCN)c1c(C(C)(C)C)c(=S)c1=S.CNCCOCCN(C)c1c(C(C)(C)C)c(=S)c1=S.CNCCOCCNc1c(C(C)(C)C)c(=S)c1=S. The highest BCUT2D eigenvalue weighted by atomic mass is 32.1. The van der Waals surface area contributed by atoms with Crippen LogP contribution < -0.4 is 42.5 Å². The topological polar surface area (TPSA) is 144 Å². The van der Waals surface area contributed by atoms with Crippen LogP contribution in [0.4, 0.5) is 22.7 Å². The quantitative estimate of drug-likeness (QED) is 0.0262. The van der Waals surface area contributed by atoms with E-state index in [1.54, 1.807) is 0 Å². The molecule has 0 aliphatic rings. The van der Waals surface area contributed by atoms with Crippen molar-refractivity contribution in [3.63, 3.8) is 0 Å². The van der Waals surface area contributed by atoms with Crippen molar-refractivity contribution >= 4 is 120 Å². The molecule has 0 aliphatic heterocycles. The van der Waals surface area contributed by atoms with Gasteiger partial charge in [0.1, 0.15) is 0 Å². The average Bonchev–Trinajstić information content (AvgIpc) is 3.29. The van der Waals surface area contributed by atoms with Crippen LogP contribution in [0, 0.1) is 36.1 Å². The first-order chi connectivity index (χ1) is 33.4. The maximum absolute atomic E-state index is 5.54. The van der Waals surface area contributed by atoms with Gasteiger partial charge in [-0.15, -0.1) is 0 Å². The Bertz CT molecular complexity index is 2560. The minimum Gasteiger partial charge on any atom is -0.381 e. The monoisotopic (exact) mass is 1140 g/mol. The normalized spacial score (nSPS) is 12.0. The zero-order valence-electron chi connectivity index (χ0n) is 46.3. The van der Waals surface area contributed by atoms with Gasteiger partial charge in [0.2, 0.25) is 0 Å². The third-order valence-corrected chi connectivity index (χ3v) is 14.9. The molecule has 0 aromatic heterocycles. The number of anilines is 4. The fourth-order valence-electron chi connectivity index (χ4n) is 7.48. The second-order valence-corrected chi connectivity index (χ2v) is 24.8. The number of ether oxygens (including phenoxy) is 4. The van der Waals surface area contributed by atoms with Gasteiger partial charge in [0, 0.05) is 88.7 Å². The lowest BCUT2D eigenvalue weighted by atomic mass is 9.83. The van der Waals surface area contributed by atoms with Crippen molar-refractivity contribution in [1.29, 1.82) is 0 Å². The summed E-state index contributed by atoms with van der Waals surface area (Å²) in [7, 11) is 7.91. The van der Waals surface area contributed by atoms with Crippen molar-refractivity contribution in [2.24, 2.45) is 11.5 Å². The molecule has 4 rings (SSSR count). The Kier molecular flexibility index (Phi) is 30.8. The van der Waals surface area contributed by atoms with E-state index in [2.05, 4.69) is 121 Å². The number of hydrogen-bond donors (Lipinski definition) is 6. The molecule has 0 bridgehead atoms. The summed E-state index contributed by atoms with van der Waals surface area (Å²) in [6.45, 7) is 37.2. The minimum absolute atomic E-state index is 0.0415. The molecule has 0 saturated carbocycles. The van der Waals surface area contributed by atoms with Gasteiger partial charge in [-0.1, -0.05) is 181 Å². The van der Waals surface area contributed by atoms with Gasteiger partial charge < -0.3 is 61.5 Å². The first-order valence-corrected chi connectivity index (χ1v) is 27.9. The van der Waals surface area contributed by atoms with Gasteiger partial charge in [0.15, 0.2) is 0 Å². The molecular formula is C52H88N8O4S8. The third-order valence-electron chi connectivity index (χ3n) is 11.1. The van der Waals surface area contributed by atoms with Crippen LogP contribution in [0.15, 0.2) is 0 Å². The average molecular weight is 1150 g/mol. The van der Waals surface area contributed by atoms with Gasteiger partial charge in [-0.2, -0.15) is 0 Å². The van der Waals surface area contributed by atoms with Crippen LogP contribution in [-0.4, -0.2) is 133 Å². The molecule has 4 aromatic rings. The number of rotatable bonds is 26. The van der Waals surface area contributed by atoms with Crippen LogP contribution in [0.3, 0.4) is 0 Å². The van der Waals surface area contributed by atoms with Gasteiger partial charge in [-0.05, 0) is 35.8 Å². The third kappa shape index (κ3) is 20.8. The van der Waals surface area contributed by atoms with Crippen molar-refractivity contribution < 1.29 is 18.9 Å². The first-order valence-electron chi connectivity index (χ1n) is 24.6. The Morgan fingerprint density at radius 2 is 0.639 bits per heavy atom. The molecule has 4 aromatic carbocycles. The maximum atomic E-state index is 5.54. The van der Waals surface area contributed by atoms with Crippen LogP contribution in [0.1, 0.15) is 105 Å². The summed E-state index contributed by atoms with van der Waals surface area (Å²) in [5.74, 6) is 0. The Morgan fingerprint density at radius 1 is 0.375 bits per heavy atom. The molecule has 20 heteroatoms. The van der Waals surface area contributed by atoms with E-state index >= 15 is 0 Å². The van der Waals surface area contributed by atoms with E-state index in [1.165, 1.54) is 16.7 Å². The van der Waals surface area contributed by atoms with Crippen molar-refractivity contribution in [2.45, 2.75) is 105 Å². The fourth-order valence-corrected chi connectivity index (χ4v) is 10.8. The van der Waals surface area contributed by atoms with Crippen LogP contribution in [0.2, 0.25) is 0 Å². The second-order valence-electron chi connectivity index (χ2n) is 21.5. The second kappa shape index (κ2) is 32.3. The van der Waals surface area contributed by atoms with E-state index in [0.29, 0.717) is 52.7 Å². The Morgan fingerprint density at radius 3 is 0.931 bits per heavy atom. The zero-order chi connectivity index (χ0) is 55.4. The van der Waals surface area contributed by atoms with Gasteiger partial charge in [0.05, 0.1) is 112 Å². The molecular weight excluding hydrogens is 1060 g/mol. The number of nitrogens with two attached hydrogens (primary N) is 2. The van der Waals surface area contributed by atoms with Gasteiger partial charge in [-0.25, -0.2) is 0 Å². The highest BCUT2D eigenvalue weighted by Gasteiger charge is 2.30. The Labute approximate surface area is 474 Å². The molecule has 12 nitrogen and oxygen atoms in total. The molecule has 8 N–H and O–H groups in total. The van der Waals surface area contributed by atoms with Crippen molar-refractivity contribution in [3.05, 3.63) is 58.3 Å². The molecule has 0 radical (unpaired) electrons. The summed E-state index contributed by atoms with van der Waals surface area (Å²) < 4.78 is 28.3. The zero-order valence-corrected chi connectivity index (χ0v) is 52.8. The Balaban J connectivity index is 0.000000480. The smallest absolute Gasteiger partial charge is 0.0798 e. The highest BCUT2D eigenvalue weighted by molar-refractivity contribution is 7.75. The number of nitrogens with one attached hydrogen (secondary N) is 4. The lowest BCUT2D eigenvalue weighted by Crippen LogP contribution is -2.29. The van der Waals surface area contributed by atoms with Crippen LogP contribution >= 0.6 is 97.7 Å². The lowest BCUT2D eigenvalue weighted by Gasteiger charge is -2.32. The standard InChI is InChI=1S/C14H24N2OS2.2C13H22N2OS2.C12H20N2OS2/c1-14(2,3)10-11(13(19)12(10)18)16(5)7-9-17-8-6-15-4;1-13(2,3)9-10(12(18)11(9)17)15(4)6-8-16-7-5-14;1-13(2,3)9-10(12(18)11(9)17)15-6-8-16-7-5-14-4;1-12(2,3)8-9(11(17)10(8)16)14-5-7-15-6-4-13/h15H,6-9H2,1-5H3;5-8,14H2,1-4H3;14-15H,5-8H2,1-4H3;14H,4-7,13H2,1-3H3. The van der Waals surface area contributed by atoms with Crippen molar-refractivity contribution in [2.75, 3.05) is 154 Å². The summed E-state index contributed by atoms with van der Waals surface area (Å²) >= 11 is 42.6. The summed E-state index contributed by atoms with van der Waals surface area (Å²) in [5, 5.41) is 12.7. The predicted octanol–water partition coefficient (Wildman–Crippen LogP) is 11.4. The van der Waals surface area contributed by atoms with Crippen LogP contribution in [0.5, 0.6) is 0 Å². The molecule has 0 heterocycles. The van der Waals surface area contributed by atoms with Crippen LogP contribution in [0.25, 0.3) is 0 Å². The molecule has 72 heavy (non-hydrogen) atoms. The molecule has 0 amide bonds. The van der Waals surface area contributed by atoms with E-state index in [-0.39, 0.29) is 21.7 Å². The minimum atomic E-state index is 0.0415. The molecule has 0 unspecified atom stereocenters. The maximum Gasteiger partial charge on any atom is 0.0798 e. The van der Waals surface area contributed by atoms with Crippen molar-refractivity contribution in [3.8, 4) is 0 Å². The van der Waals surface area contributed by atoms with Gasteiger partial charge in [-0.3, -0.25) is 0 Å². The van der Waals surface area contributed by atoms with E-state index in [0.717, 1.165) is 117 Å². The summed E-state index contributed by atoms with van der Waals surface area (Å²) in [5.41, 5.74) is 20.0. The number of nitrogens with zero attached hydrogens (tertiary/aromatic N) is 2. The summed E-state index contributed by atoms with van der Waals surface area (Å²) in [4.78, 5) is 4.30. The number of hydrogen-bond acceptors (Lipinski definition) is 20. The molecule has 0 atom stereocenters. The Hall–Kier alpha value is -1.44. The van der Waals surface area contributed by atoms with Gasteiger partial charge >= 0.3 is 0 Å². The lowest BCUT2D eigenvalue weighted by molar-refractivity contribution is 0.144. The fraction of sp³-hybridized carbons (Fsp3) is 0.692. The molecule has 0 saturated heterocycles. The summed E-state index contributed by atoms with van der Waals surface area (Å²) in [6, 6.07) is 0. The van der Waals surface area contributed by atoms with E-state index in [4.69, 9.17) is 128 Å². The van der Waals surface area contributed by atoms with Crippen molar-refractivity contribution in [1.82, 2.24) is 10.6 Å². The van der Waals surface area contributed by atoms with Gasteiger partial charge in [0.25, 0.3) is 0 Å². The molecule has 0 fully saturated rings. The van der Waals surface area contributed by atoms with E-state index < -0.39 is 0 Å². The molecule has 0 spiro atoms. The highest BCUT2D eigenvalue weighted by Crippen LogP contribution is 2.41. The largest absolute Gasteiger partial charge is 0.381 e. The number of likely N-dealkylation sites (N-methyl/N-ethyl adjacent to an activating group) is 4. The summed E-state index contributed by atoms with van der Waals surface area (Å²) in [6.07, 6.45) is 0. The molecule has 0 aliphatic carbocycles. The van der Waals surface area contributed by atoms with Crippen LogP contribution in [-0.2, 0) is 40.6 Å². The predicted molar refractivity (Wildman–Crippen MR) is 329 cm³/mol. The van der Waals surface area contributed by atoms with E-state index in [1.807, 2.05) is 21.1 Å².